The minimum absolute atomic E-state index is 0.182. The number of carbonyl (C=O) groups excluding carboxylic acids is 3. The summed E-state index contributed by atoms with van der Waals surface area (Å²) < 4.78 is 10.6. The molecular formula is C27H40N6O5. The third kappa shape index (κ3) is 9.66. The highest BCUT2D eigenvalue weighted by atomic mass is 16.5. The van der Waals surface area contributed by atoms with E-state index in [2.05, 4.69) is 10.6 Å². The number of rotatable bonds is 16. The molecular weight excluding hydrogens is 488 g/mol. The van der Waals surface area contributed by atoms with Crippen molar-refractivity contribution in [3.8, 4) is 11.5 Å². The lowest BCUT2D eigenvalue weighted by Gasteiger charge is -2.24. The average Bonchev–Trinajstić information content (AvgIpc) is 2.93. The number of hydrogen-bond donors (Lipinski definition) is 5. The van der Waals surface area contributed by atoms with Gasteiger partial charge in [0, 0.05) is 44.4 Å². The maximum absolute atomic E-state index is 13.2. The zero-order valence-electron chi connectivity index (χ0n) is 22.2. The first-order valence-electron chi connectivity index (χ1n) is 12.6. The van der Waals surface area contributed by atoms with E-state index in [1.807, 2.05) is 30.3 Å². The Morgan fingerprint density at radius 2 is 1.63 bits per heavy atom. The van der Waals surface area contributed by atoms with Crippen LogP contribution in [0.15, 0.2) is 48.5 Å². The molecule has 0 spiro atoms. The summed E-state index contributed by atoms with van der Waals surface area (Å²) in [4.78, 5) is 40.2. The van der Waals surface area contributed by atoms with E-state index in [9.17, 15) is 14.4 Å². The molecule has 0 heterocycles. The Balaban J connectivity index is 2.08. The second-order valence-electron chi connectivity index (χ2n) is 8.75. The van der Waals surface area contributed by atoms with Crippen LogP contribution in [0.25, 0.3) is 0 Å². The van der Waals surface area contributed by atoms with Crippen molar-refractivity contribution in [1.82, 2.24) is 15.5 Å². The van der Waals surface area contributed by atoms with Gasteiger partial charge in [-0.05, 0) is 30.5 Å². The molecule has 8 N–H and O–H groups in total. The van der Waals surface area contributed by atoms with Gasteiger partial charge in [0.25, 0.3) is 0 Å². The van der Waals surface area contributed by atoms with Gasteiger partial charge in [0.2, 0.25) is 17.7 Å². The molecule has 2 aromatic rings. The molecule has 2 atom stereocenters. The number of amides is 3. The maximum Gasteiger partial charge on any atom is 0.242 e. The van der Waals surface area contributed by atoms with Gasteiger partial charge in [0.15, 0.2) is 0 Å². The minimum atomic E-state index is -1.13. The average molecular weight is 529 g/mol. The first-order chi connectivity index (χ1) is 18.3. The van der Waals surface area contributed by atoms with Crippen LogP contribution in [0.1, 0.15) is 24.0 Å². The molecule has 38 heavy (non-hydrogen) atoms. The second-order valence-corrected chi connectivity index (χ2v) is 8.75. The van der Waals surface area contributed by atoms with Crippen molar-refractivity contribution in [3.63, 3.8) is 0 Å². The molecule has 0 aliphatic rings. The smallest absolute Gasteiger partial charge is 0.242 e. The van der Waals surface area contributed by atoms with E-state index < -0.39 is 18.0 Å². The molecule has 0 aliphatic heterocycles. The van der Waals surface area contributed by atoms with Crippen LogP contribution in [-0.2, 0) is 27.3 Å². The van der Waals surface area contributed by atoms with Gasteiger partial charge in [0.1, 0.15) is 17.5 Å². The Morgan fingerprint density at radius 3 is 2.24 bits per heavy atom. The predicted molar refractivity (Wildman–Crippen MR) is 145 cm³/mol. The van der Waals surface area contributed by atoms with Gasteiger partial charge < -0.3 is 42.2 Å². The van der Waals surface area contributed by atoms with Crippen LogP contribution >= 0.6 is 0 Å². The van der Waals surface area contributed by atoms with Crippen molar-refractivity contribution in [2.75, 3.05) is 40.4 Å². The normalized spacial score (nSPS) is 12.2. The molecule has 0 aliphatic carbocycles. The van der Waals surface area contributed by atoms with Crippen LogP contribution in [-0.4, -0.2) is 75.1 Å². The molecule has 2 rings (SSSR count). The van der Waals surface area contributed by atoms with Gasteiger partial charge >= 0.3 is 0 Å². The summed E-state index contributed by atoms with van der Waals surface area (Å²) in [6, 6.07) is 12.9. The molecule has 0 aromatic heterocycles. The summed E-state index contributed by atoms with van der Waals surface area (Å²) in [5.41, 5.74) is 19.0. The zero-order valence-corrected chi connectivity index (χ0v) is 22.2. The number of methoxy groups -OCH3 is 2. The molecule has 0 bridgehead atoms. The van der Waals surface area contributed by atoms with Crippen LogP contribution < -0.4 is 37.3 Å². The molecule has 3 amide bonds. The first-order valence-corrected chi connectivity index (χ1v) is 12.6. The number of aryl methyl sites for hydroxylation is 1. The Hall–Kier alpha value is -3.67. The maximum atomic E-state index is 13.2. The largest absolute Gasteiger partial charge is 0.497 e. The predicted octanol–water partition coefficient (Wildman–Crippen LogP) is -0.0990. The van der Waals surface area contributed by atoms with Crippen molar-refractivity contribution in [1.29, 1.82) is 0 Å². The first kappa shape index (κ1) is 30.6. The van der Waals surface area contributed by atoms with Gasteiger partial charge in [-0.2, -0.15) is 0 Å². The van der Waals surface area contributed by atoms with Gasteiger partial charge in [-0.25, -0.2) is 0 Å². The fourth-order valence-electron chi connectivity index (χ4n) is 3.89. The molecule has 0 saturated heterocycles. The van der Waals surface area contributed by atoms with E-state index >= 15 is 0 Å². The van der Waals surface area contributed by atoms with Gasteiger partial charge in [-0.3, -0.25) is 14.4 Å². The second kappa shape index (κ2) is 16.2. The Labute approximate surface area is 224 Å². The van der Waals surface area contributed by atoms with Gasteiger partial charge in [-0.1, -0.05) is 30.3 Å². The van der Waals surface area contributed by atoms with Crippen molar-refractivity contribution < 1.29 is 23.9 Å². The molecule has 208 valence electrons. The van der Waals surface area contributed by atoms with E-state index in [1.54, 1.807) is 25.3 Å². The topological polar surface area (TPSA) is 175 Å². The van der Waals surface area contributed by atoms with Crippen molar-refractivity contribution in [2.45, 2.75) is 37.9 Å². The molecule has 0 fully saturated rings. The van der Waals surface area contributed by atoms with Crippen LogP contribution in [0, 0.1) is 0 Å². The van der Waals surface area contributed by atoms with Gasteiger partial charge in [0.05, 0.1) is 26.7 Å². The Kier molecular flexibility index (Phi) is 13.0. The summed E-state index contributed by atoms with van der Waals surface area (Å²) in [7, 11) is 3.09. The SMILES string of the molecule is COc1ccc(CNC(=O)C(CCc2ccccc2)NC(=O)C(N)CC(=O)N(CCN)CCN)c(OC)c1. The number of hydrogen-bond acceptors (Lipinski definition) is 8. The number of nitrogens with two attached hydrogens (primary N) is 3. The number of benzene rings is 2. The Morgan fingerprint density at radius 1 is 0.947 bits per heavy atom. The van der Waals surface area contributed by atoms with Crippen molar-refractivity contribution in [3.05, 3.63) is 59.7 Å². The number of nitrogens with one attached hydrogen (secondary N) is 2. The highest BCUT2D eigenvalue weighted by Gasteiger charge is 2.26. The van der Waals surface area contributed by atoms with Crippen molar-refractivity contribution >= 4 is 17.7 Å². The van der Waals surface area contributed by atoms with Crippen molar-refractivity contribution in [2.24, 2.45) is 17.2 Å². The quantitative estimate of drug-likeness (QED) is 0.201. The fraction of sp³-hybridized carbons (Fsp3) is 0.444. The standard InChI is InChI=1S/C27H40N6O5/c1-37-21-10-9-20(24(16-21)38-2)18-31-27(36)23(11-8-19-6-4-3-5-7-19)32-26(35)22(30)17-25(34)33(14-12-28)15-13-29/h3-7,9-10,16,22-23H,8,11-15,17-18,28-30H2,1-2H3,(H,31,36)(H,32,35). The number of ether oxygens (including phenoxy) is 2. The minimum Gasteiger partial charge on any atom is -0.497 e. The van der Waals surface area contributed by atoms with E-state index in [4.69, 9.17) is 26.7 Å². The van der Waals surface area contributed by atoms with Crippen LogP contribution in [0.5, 0.6) is 11.5 Å². The van der Waals surface area contributed by atoms with Gasteiger partial charge in [-0.15, -0.1) is 0 Å². The summed E-state index contributed by atoms with van der Waals surface area (Å²) in [6.07, 6.45) is 0.677. The van der Waals surface area contributed by atoms with E-state index in [1.165, 1.54) is 12.0 Å². The summed E-state index contributed by atoms with van der Waals surface area (Å²) in [6.45, 7) is 1.37. The van der Waals surface area contributed by atoms with Crippen LogP contribution in [0.3, 0.4) is 0 Å². The highest BCUT2D eigenvalue weighted by Crippen LogP contribution is 2.24. The number of carbonyl (C=O) groups is 3. The lowest BCUT2D eigenvalue weighted by molar-refractivity contribution is -0.135. The molecule has 0 saturated carbocycles. The van der Waals surface area contributed by atoms with Crippen LogP contribution in [0.4, 0.5) is 0 Å². The fourth-order valence-corrected chi connectivity index (χ4v) is 3.89. The zero-order chi connectivity index (χ0) is 27.9. The Bertz CT molecular complexity index is 1030. The lowest BCUT2D eigenvalue weighted by Crippen LogP contribution is -2.53. The summed E-state index contributed by atoms with van der Waals surface area (Å²) in [5.74, 6) is -0.0902. The van der Waals surface area contributed by atoms with E-state index in [0.717, 1.165) is 11.1 Å². The van der Waals surface area contributed by atoms with E-state index in [-0.39, 0.29) is 37.9 Å². The summed E-state index contributed by atoms with van der Waals surface area (Å²) in [5, 5.41) is 5.60. The van der Waals surface area contributed by atoms with Crippen LogP contribution in [0.2, 0.25) is 0 Å². The molecule has 2 unspecified atom stereocenters. The molecule has 11 nitrogen and oxygen atoms in total. The summed E-state index contributed by atoms with van der Waals surface area (Å²) >= 11 is 0. The monoisotopic (exact) mass is 528 g/mol. The molecule has 11 heteroatoms. The third-order valence-corrected chi connectivity index (χ3v) is 6.03. The number of nitrogens with zero attached hydrogens (tertiary/aromatic N) is 1. The third-order valence-electron chi connectivity index (χ3n) is 6.03. The van der Waals surface area contributed by atoms with E-state index in [0.29, 0.717) is 37.4 Å². The highest BCUT2D eigenvalue weighted by molar-refractivity contribution is 5.92. The molecule has 0 radical (unpaired) electrons. The lowest BCUT2D eigenvalue weighted by atomic mass is 10.0. The molecule has 2 aromatic carbocycles.